The highest BCUT2D eigenvalue weighted by molar-refractivity contribution is 5.76. The maximum absolute atomic E-state index is 11.9. The van der Waals surface area contributed by atoms with Crippen LogP contribution in [0.2, 0.25) is 0 Å². The fraction of sp³-hybridized carbons (Fsp3) is 0.588. The van der Waals surface area contributed by atoms with E-state index in [1.165, 1.54) is 0 Å². The summed E-state index contributed by atoms with van der Waals surface area (Å²) >= 11 is 0. The van der Waals surface area contributed by atoms with Gasteiger partial charge in [0, 0.05) is 11.7 Å². The van der Waals surface area contributed by atoms with Crippen molar-refractivity contribution in [3.05, 3.63) is 24.3 Å². The molecule has 0 fully saturated rings. The van der Waals surface area contributed by atoms with Gasteiger partial charge in [0.1, 0.15) is 5.75 Å². The number of unbranched alkanes of at least 4 members (excludes halogenated alkanes) is 1. The fourth-order valence-electron chi connectivity index (χ4n) is 2.21. The number of amides is 1. The molecule has 1 unspecified atom stereocenters. The number of rotatable bonds is 10. The molecule has 0 aliphatic carbocycles. The molecule has 1 aromatic carbocycles. The van der Waals surface area contributed by atoms with Crippen LogP contribution in [-0.4, -0.2) is 18.6 Å². The average Bonchev–Trinajstić information content (AvgIpc) is 2.47. The molecule has 1 atom stereocenters. The van der Waals surface area contributed by atoms with E-state index < -0.39 is 0 Å². The molecule has 1 aromatic rings. The zero-order valence-electron chi connectivity index (χ0n) is 13.2. The van der Waals surface area contributed by atoms with E-state index >= 15 is 0 Å². The van der Waals surface area contributed by atoms with E-state index in [0.29, 0.717) is 24.8 Å². The van der Waals surface area contributed by atoms with Crippen molar-refractivity contribution in [1.29, 1.82) is 0 Å². The highest BCUT2D eigenvalue weighted by Crippen LogP contribution is 2.13. The summed E-state index contributed by atoms with van der Waals surface area (Å²) < 4.78 is 5.54. The van der Waals surface area contributed by atoms with Crippen LogP contribution >= 0.6 is 0 Å². The Morgan fingerprint density at radius 2 is 1.90 bits per heavy atom. The van der Waals surface area contributed by atoms with Crippen LogP contribution in [0.5, 0.6) is 5.75 Å². The molecule has 21 heavy (non-hydrogen) atoms. The van der Waals surface area contributed by atoms with Gasteiger partial charge >= 0.3 is 0 Å². The molecule has 4 heteroatoms. The third-order valence-electron chi connectivity index (χ3n) is 3.39. The normalized spacial score (nSPS) is 11.9. The van der Waals surface area contributed by atoms with Crippen LogP contribution in [0.15, 0.2) is 24.3 Å². The zero-order chi connectivity index (χ0) is 15.5. The maximum Gasteiger partial charge on any atom is 0.223 e. The van der Waals surface area contributed by atoms with Gasteiger partial charge in [-0.3, -0.25) is 4.79 Å². The smallest absolute Gasteiger partial charge is 0.223 e. The highest BCUT2D eigenvalue weighted by atomic mass is 16.5. The van der Waals surface area contributed by atoms with Crippen LogP contribution in [0.4, 0.5) is 5.69 Å². The number of nitrogen functional groups attached to an aromatic ring is 1. The Hall–Kier alpha value is -1.71. The van der Waals surface area contributed by atoms with Crippen LogP contribution < -0.4 is 15.8 Å². The number of carbonyl (C=O) groups excluding carboxylic acids is 1. The van der Waals surface area contributed by atoms with Crippen molar-refractivity contribution in [2.24, 2.45) is 0 Å². The van der Waals surface area contributed by atoms with Crippen LogP contribution in [0, 0.1) is 0 Å². The van der Waals surface area contributed by atoms with E-state index in [9.17, 15) is 4.79 Å². The Balaban J connectivity index is 2.26. The molecule has 0 bridgehead atoms. The highest BCUT2D eigenvalue weighted by Gasteiger charge is 2.11. The lowest BCUT2D eigenvalue weighted by Crippen LogP contribution is -2.35. The summed E-state index contributed by atoms with van der Waals surface area (Å²) in [5.74, 6) is 0.813. The summed E-state index contributed by atoms with van der Waals surface area (Å²) in [4.78, 5) is 11.9. The van der Waals surface area contributed by atoms with Crippen molar-refractivity contribution >= 4 is 11.6 Å². The maximum atomic E-state index is 11.9. The number of hydrogen-bond acceptors (Lipinski definition) is 3. The first-order valence-corrected chi connectivity index (χ1v) is 7.93. The Morgan fingerprint density at radius 3 is 2.52 bits per heavy atom. The van der Waals surface area contributed by atoms with Gasteiger partial charge in [-0.05, 0) is 37.1 Å². The van der Waals surface area contributed by atoms with Crippen LogP contribution in [0.1, 0.15) is 52.4 Å². The van der Waals surface area contributed by atoms with Gasteiger partial charge in [-0.2, -0.15) is 0 Å². The lowest BCUT2D eigenvalue weighted by atomic mass is 10.1. The number of ether oxygens (including phenoxy) is 1. The number of hydrogen-bond donors (Lipinski definition) is 2. The van der Waals surface area contributed by atoms with Gasteiger partial charge in [-0.15, -0.1) is 0 Å². The first-order chi connectivity index (χ1) is 10.2. The van der Waals surface area contributed by atoms with Gasteiger partial charge in [0.2, 0.25) is 5.91 Å². The zero-order valence-corrected chi connectivity index (χ0v) is 13.2. The third kappa shape index (κ3) is 7.59. The SMILES string of the molecule is CCCCC(CCC)NC(=O)CCOc1ccc(N)cc1. The summed E-state index contributed by atoms with van der Waals surface area (Å²) in [5, 5.41) is 3.11. The summed E-state index contributed by atoms with van der Waals surface area (Å²) in [5.41, 5.74) is 6.31. The summed E-state index contributed by atoms with van der Waals surface area (Å²) in [6.45, 7) is 4.71. The minimum absolute atomic E-state index is 0.0694. The Kier molecular flexibility index (Phi) is 8.32. The molecule has 4 nitrogen and oxygen atoms in total. The van der Waals surface area contributed by atoms with Crippen molar-refractivity contribution in [3.8, 4) is 5.75 Å². The second kappa shape index (κ2) is 10.1. The first kappa shape index (κ1) is 17.3. The number of nitrogens with one attached hydrogen (secondary N) is 1. The Morgan fingerprint density at radius 1 is 1.19 bits per heavy atom. The second-order valence-corrected chi connectivity index (χ2v) is 5.36. The molecule has 1 rings (SSSR count). The van der Waals surface area contributed by atoms with E-state index in [-0.39, 0.29) is 5.91 Å². The van der Waals surface area contributed by atoms with E-state index in [2.05, 4.69) is 19.2 Å². The number of nitrogens with two attached hydrogens (primary N) is 1. The lowest BCUT2D eigenvalue weighted by Gasteiger charge is -2.18. The summed E-state index contributed by atoms with van der Waals surface area (Å²) in [7, 11) is 0. The molecule has 0 aliphatic heterocycles. The molecular formula is C17H28N2O2. The Bertz CT molecular complexity index is 404. The number of anilines is 1. The van der Waals surface area contributed by atoms with Crippen LogP contribution in [0.25, 0.3) is 0 Å². The molecule has 0 aliphatic rings. The summed E-state index contributed by atoms with van der Waals surface area (Å²) in [6, 6.07) is 7.51. The number of benzene rings is 1. The monoisotopic (exact) mass is 292 g/mol. The van der Waals surface area contributed by atoms with Crippen molar-refractivity contribution in [1.82, 2.24) is 5.32 Å². The lowest BCUT2D eigenvalue weighted by molar-refractivity contribution is -0.122. The van der Waals surface area contributed by atoms with Crippen LogP contribution in [-0.2, 0) is 4.79 Å². The second-order valence-electron chi connectivity index (χ2n) is 5.36. The van der Waals surface area contributed by atoms with Crippen molar-refractivity contribution in [2.45, 2.75) is 58.4 Å². The third-order valence-corrected chi connectivity index (χ3v) is 3.39. The molecule has 0 heterocycles. The predicted molar refractivity (Wildman–Crippen MR) is 87.3 cm³/mol. The average molecular weight is 292 g/mol. The quantitative estimate of drug-likeness (QED) is 0.649. The van der Waals surface area contributed by atoms with E-state index in [4.69, 9.17) is 10.5 Å². The predicted octanol–water partition coefficient (Wildman–Crippen LogP) is 3.51. The van der Waals surface area contributed by atoms with Crippen molar-refractivity contribution < 1.29 is 9.53 Å². The van der Waals surface area contributed by atoms with Gasteiger partial charge in [-0.25, -0.2) is 0 Å². The Labute approximate surface area is 128 Å². The van der Waals surface area contributed by atoms with Gasteiger partial charge in [0.05, 0.1) is 13.0 Å². The topological polar surface area (TPSA) is 64.3 Å². The number of carbonyl (C=O) groups is 1. The van der Waals surface area contributed by atoms with Crippen molar-refractivity contribution in [2.75, 3.05) is 12.3 Å². The standard InChI is InChI=1S/C17H28N2O2/c1-3-5-7-15(6-4-2)19-17(20)12-13-21-16-10-8-14(18)9-11-16/h8-11,15H,3-7,12-13,18H2,1-2H3,(H,19,20). The minimum atomic E-state index is 0.0694. The molecule has 0 radical (unpaired) electrons. The van der Waals surface area contributed by atoms with E-state index in [0.717, 1.165) is 37.9 Å². The van der Waals surface area contributed by atoms with Crippen LogP contribution in [0.3, 0.4) is 0 Å². The van der Waals surface area contributed by atoms with Gasteiger partial charge in [0.15, 0.2) is 0 Å². The first-order valence-electron chi connectivity index (χ1n) is 7.93. The molecule has 0 saturated carbocycles. The fourth-order valence-corrected chi connectivity index (χ4v) is 2.21. The van der Waals surface area contributed by atoms with E-state index in [1.54, 1.807) is 12.1 Å². The molecule has 0 saturated heterocycles. The molecule has 118 valence electrons. The van der Waals surface area contributed by atoms with Gasteiger partial charge < -0.3 is 15.8 Å². The minimum Gasteiger partial charge on any atom is -0.493 e. The largest absolute Gasteiger partial charge is 0.493 e. The molecule has 1 amide bonds. The molecule has 3 N–H and O–H groups in total. The molecule has 0 spiro atoms. The van der Waals surface area contributed by atoms with Gasteiger partial charge in [0.25, 0.3) is 0 Å². The molecular weight excluding hydrogens is 264 g/mol. The summed E-state index contributed by atoms with van der Waals surface area (Å²) in [6.07, 6.45) is 5.91. The van der Waals surface area contributed by atoms with Crippen molar-refractivity contribution in [3.63, 3.8) is 0 Å². The van der Waals surface area contributed by atoms with E-state index in [1.807, 2.05) is 12.1 Å². The van der Waals surface area contributed by atoms with Gasteiger partial charge in [-0.1, -0.05) is 33.1 Å². The molecule has 0 aromatic heterocycles.